The first-order valence-corrected chi connectivity index (χ1v) is 8.53. The molecule has 2 rings (SSSR count). The van der Waals surface area contributed by atoms with Crippen LogP contribution in [0.1, 0.15) is 39.6 Å². The first kappa shape index (κ1) is 17.7. The smallest absolute Gasteiger partial charge is 0.269 e. The van der Waals surface area contributed by atoms with Gasteiger partial charge in [-0.25, -0.2) is 0 Å². The van der Waals surface area contributed by atoms with E-state index in [0.29, 0.717) is 11.1 Å². The van der Waals surface area contributed by atoms with Crippen molar-refractivity contribution in [2.24, 2.45) is 0 Å². The summed E-state index contributed by atoms with van der Waals surface area (Å²) in [4.78, 5) is 35.2. The van der Waals surface area contributed by atoms with Crippen LogP contribution < -0.4 is 16.2 Å². The van der Waals surface area contributed by atoms with E-state index < -0.39 is 0 Å². The molecule has 0 saturated carbocycles. The van der Waals surface area contributed by atoms with Gasteiger partial charge in [0.25, 0.3) is 11.8 Å². The summed E-state index contributed by atoms with van der Waals surface area (Å²) in [5, 5.41) is 6.19. The Morgan fingerprint density at radius 3 is 2.33 bits per heavy atom. The summed E-state index contributed by atoms with van der Waals surface area (Å²) >= 11 is 1.43. The van der Waals surface area contributed by atoms with Crippen molar-refractivity contribution in [3.05, 3.63) is 57.8 Å². The minimum atomic E-state index is -0.381. The van der Waals surface area contributed by atoms with Crippen LogP contribution in [0.4, 0.5) is 0 Å². The van der Waals surface area contributed by atoms with Crippen molar-refractivity contribution in [1.29, 1.82) is 0 Å². The zero-order valence-corrected chi connectivity index (χ0v) is 14.1. The molecule has 0 aliphatic heterocycles. The highest BCUT2D eigenvalue weighted by atomic mass is 32.1. The van der Waals surface area contributed by atoms with E-state index in [1.165, 1.54) is 11.3 Å². The lowest BCUT2D eigenvalue weighted by Gasteiger charge is -2.08. The molecule has 0 fully saturated rings. The second kappa shape index (κ2) is 8.83. The molecule has 0 aliphatic carbocycles. The molecule has 3 amide bonds. The number of thiophene rings is 1. The SMILES string of the molecule is CCc1ccc(C(=O)NNC(=O)CCNC(=O)c2ccsc2)cc1. The lowest BCUT2D eigenvalue weighted by atomic mass is 10.1. The summed E-state index contributed by atoms with van der Waals surface area (Å²) in [6, 6.07) is 8.88. The summed E-state index contributed by atoms with van der Waals surface area (Å²) in [6.45, 7) is 2.23. The Morgan fingerprint density at radius 1 is 0.958 bits per heavy atom. The third-order valence-electron chi connectivity index (χ3n) is 3.36. The zero-order valence-electron chi connectivity index (χ0n) is 13.3. The van der Waals surface area contributed by atoms with E-state index in [4.69, 9.17) is 0 Å². The maximum absolute atomic E-state index is 11.9. The Bertz CT molecular complexity index is 696. The number of hydrogen-bond donors (Lipinski definition) is 3. The van der Waals surface area contributed by atoms with Crippen LogP contribution in [0.25, 0.3) is 0 Å². The quantitative estimate of drug-likeness (QED) is 0.699. The van der Waals surface area contributed by atoms with Gasteiger partial charge in [0.05, 0.1) is 0 Å². The topological polar surface area (TPSA) is 87.3 Å². The highest BCUT2D eigenvalue weighted by Gasteiger charge is 2.09. The zero-order chi connectivity index (χ0) is 17.4. The molecule has 1 heterocycles. The molecule has 1 aromatic carbocycles. The summed E-state index contributed by atoms with van der Waals surface area (Å²) in [7, 11) is 0. The van der Waals surface area contributed by atoms with E-state index in [1.54, 1.807) is 23.6 Å². The Kier molecular flexibility index (Phi) is 6.51. The normalized spacial score (nSPS) is 10.0. The number of hydrazine groups is 1. The molecule has 24 heavy (non-hydrogen) atoms. The number of aryl methyl sites for hydroxylation is 1. The number of nitrogens with one attached hydrogen (secondary N) is 3. The second-order valence-corrected chi connectivity index (χ2v) is 5.85. The molecule has 0 saturated heterocycles. The van der Waals surface area contributed by atoms with Crippen LogP contribution in [0.15, 0.2) is 41.1 Å². The number of hydrogen-bond acceptors (Lipinski definition) is 4. The monoisotopic (exact) mass is 345 g/mol. The largest absolute Gasteiger partial charge is 0.351 e. The maximum Gasteiger partial charge on any atom is 0.269 e. The van der Waals surface area contributed by atoms with Gasteiger partial charge in [-0.05, 0) is 35.6 Å². The number of rotatable bonds is 6. The Hall–Kier alpha value is -2.67. The van der Waals surface area contributed by atoms with Crippen LogP contribution in [-0.4, -0.2) is 24.3 Å². The summed E-state index contributed by atoms with van der Waals surface area (Å²) in [6.07, 6.45) is 0.973. The van der Waals surface area contributed by atoms with Crippen molar-refractivity contribution in [3.63, 3.8) is 0 Å². The van der Waals surface area contributed by atoms with Crippen LogP contribution in [0.2, 0.25) is 0 Å². The van der Waals surface area contributed by atoms with Crippen LogP contribution in [-0.2, 0) is 11.2 Å². The molecule has 1 aromatic heterocycles. The van der Waals surface area contributed by atoms with Gasteiger partial charge in [-0.15, -0.1) is 0 Å². The van der Waals surface area contributed by atoms with Crippen molar-refractivity contribution in [3.8, 4) is 0 Å². The Morgan fingerprint density at radius 2 is 1.71 bits per heavy atom. The van der Waals surface area contributed by atoms with Gasteiger partial charge in [0.15, 0.2) is 0 Å². The fourth-order valence-corrected chi connectivity index (χ4v) is 2.57. The van der Waals surface area contributed by atoms with Crippen LogP contribution >= 0.6 is 11.3 Å². The molecule has 0 spiro atoms. The van der Waals surface area contributed by atoms with Crippen LogP contribution in [0, 0.1) is 0 Å². The average molecular weight is 345 g/mol. The first-order valence-electron chi connectivity index (χ1n) is 7.58. The van der Waals surface area contributed by atoms with Gasteiger partial charge in [-0.2, -0.15) is 11.3 Å². The molecule has 0 aliphatic rings. The lowest BCUT2D eigenvalue weighted by Crippen LogP contribution is -2.42. The number of benzene rings is 1. The highest BCUT2D eigenvalue weighted by Crippen LogP contribution is 2.05. The molecule has 0 radical (unpaired) electrons. The van der Waals surface area contributed by atoms with Crippen molar-refractivity contribution in [2.75, 3.05) is 6.54 Å². The predicted octanol–water partition coefficient (Wildman–Crippen LogP) is 1.89. The van der Waals surface area contributed by atoms with E-state index in [1.807, 2.05) is 24.4 Å². The van der Waals surface area contributed by atoms with E-state index in [0.717, 1.165) is 12.0 Å². The summed E-state index contributed by atoms with van der Waals surface area (Å²) in [5.74, 6) is -0.975. The van der Waals surface area contributed by atoms with E-state index >= 15 is 0 Å². The second-order valence-electron chi connectivity index (χ2n) is 5.07. The lowest BCUT2D eigenvalue weighted by molar-refractivity contribution is -0.121. The molecule has 0 atom stereocenters. The van der Waals surface area contributed by atoms with Crippen molar-refractivity contribution in [2.45, 2.75) is 19.8 Å². The fourth-order valence-electron chi connectivity index (χ4n) is 1.94. The van der Waals surface area contributed by atoms with E-state index in [-0.39, 0.29) is 30.7 Å². The highest BCUT2D eigenvalue weighted by molar-refractivity contribution is 7.08. The first-order chi connectivity index (χ1) is 11.6. The molecular formula is C17H19N3O3S. The standard InChI is InChI=1S/C17H19N3O3S/c1-2-12-3-5-13(6-4-12)17(23)20-19-15(21)7-9-18-16(22)14-8-10-24-11-14/h3-6,8,10-11H,2,7,9H2,1H3,(H,18,22)(H,19,21)(H,20,23). The van der Waals surface area contributed by atoms with Crippen LogP contribution in [0.5, 0.6) is 0 Å². The molecule has 126 valence electrons. The number of amides is 3. The molecule has 6 nitrogen and oxygen atoms in total. The van der Waals surface area contributed by atoms with Crippen LogP contribution in [0.3, 0.4) is 0 Å². The molecule has 3 N–H and O–H groups in total. The molecule has 2 aromatic rings. The minimum Gasteiger partial charge on any atom is -0.351 e. The predicted molar refractivity (Wildman–Crippen MR) is 92.7 cm³/mol. The van der Waals surface area contributed by atoms with E-state index in [2.05, 4.69) is 16.2 Å². The number of carbonyl (C=O) groups is 3. The van der Waals surface area contributed by atoms with E-state index in [9.17, 15) is 14.4 Å². The van der Waals surface area contributed by atoms with Gasteiger partial charge < -0.3 is 5.32 Å². The fraction of sp³-hybridized carbons (Fsp3) is 0.235. The van der Waals surface area contributed by atoms with Gasteiger partial charge in [0, 0.05) is 29.5 Å². The van der Waals surface area contributed by atoms with Gasteiger partial charge in [-0.3, -0.25) is 25.2 Å². The Labute approximate surface area is 144 Å². The van der Waals surface area contributed by atoms with Gasteiger partial charge in [0.2, 0.25) is 5.91 Å². The van der Waals surface area contributed by atoms with Crippen molar-refractivity contribution < 1.29 is 14.4 Å². The van der Waals surface area contributed by atoms with Crippen molar-refractivity contribution >= 4 is 29.1 Å². The third-order valence-corrected chi connectivity index (χ3v) is 4.04. The summed E-state index contributed by atoms with van der Waals surface area (Å²) < 4.78 is 0. The maximum atomic E-state index is 11.9. The molecule has 0 unspecified atom stereocenters. The molecular weight excluding hydrogens is 326 g/mol. The minimum absolute atomic E-state index is 0.0743. The number of carbonyl (C=O) groups excluding carboxylic acids is 3. The third kappa shape index (κ3) is 5.20. The molecule has 7 heteroatoms. The average Bonchev–Trinajstić information content (AvgIpc) is 3.14. The Balaban J connectivity index is 1.68. The molecule has 0 bridgehead atoms. The van der Waals surface area contributed by atoms with Gasteiger partial charge >= 0.3 is 0 Å². The van der Waals surface area contributed by atoms with Crippen molar-refractivity contribution in [1.82, 2.24) is 16.2 Å². The van der Waals surface area contributed by atoms with Gasteiger partial charge in [0.1, 0.15) is 0 Å². The van der Waals surface area contributed by atoms with Gasteiger partial charge in [-0.1, -0.05) is 19.1 Å². The summed E-state index contributed by atoms with van der Waals surface area (Å²) in [5.41, 5.74) is 6.86.